The van der Waals surface area contributed by atoms with Gasteiger partial charge in [-0.15, -0.1) is 0 Å². The van der Waals surface area contributed by atoms with Crippen molar-refractivity contribution in [3.05, 3.63) is 46.0 Å². The van der Waals surface area contributed by atoms with Crippen LogP contribution in [0.1, 0.15) is 5.56 Å². The van der Waals surface area contributed by atoms with Crippen molar-refractivity contribution in [2.75, 3.05) is 0 Å². The Hall–Kier alpha value is -1.91. The maximum absolute atomic E-state index is 10.9. The van der Waals surface area contributed by atoms with Gasteiger partial charge in [0.15, 0.2) is 5.03 Å². The van der Waals surface area contributed by atoms with Gasteiger partial charge in [-0.3, -0.25) is 4.79 Å². The summed E-state index contributed by atoms with van der Waals surface area (Å²) >= 11 is 0. The molecule has 1 N–H and O–H groups in total. The minimum atomic E-state index is -0.856. The maximum Gasteiger partial charge on any atom is 0.284 e. The Labute approximate surface area is 74.5 Å². The number of benzene rings is 1. The molecule has 13 heavy (non-hydrogen) atoms. The van der Waals surface area contributed by atoms with Crippen LogP contribution in [-0.4, -0.2) is 10.9 Å². The van der Waals surface area contributed by atoms with E-state index in [1.165, 1.54) is 0 Å². The number of hydrogen-bond donors (Lipinski definition) is 1. The molecule has 0 aliphatic carbocycles. The van der Waals surface area contributed by atoms with Crippen molar-refractivity contribution in [2.45, 2.75) is 6.42 Å². The molecule has 0 bridgehead atoms. The predicted molar refractivity (Wildman–Crippen MR) is 45.3 cm³/mol. The molecule has 0 unspecified atom stereocenters. The normalized spacial score (nSPS) is 9.23. The molecule has 0 saturated heterocycles. The van der Waals surface area contributed by atoms with Crippen LogP contribution in [0.15, 0.2) is 30.3 Å². The second-order valence-corrected chi connectivity index (χ2v) is 2.45. The van der Waals surface area contributed by atoms with Gasteiger partial charge in [-0.2, -0.15) is 0 Å². The Morgan fingerprint density at radius 1 is 1.38 bits per heavy atom. The molecule has 0 spiro atoms. The molecule has 0 aliphatic rings. The average molecular weight is 180 g/mol. The molecule has 1 aromatic rings. The van der Waals surface area contributed by atoms with Crippen LogP contribution in [-0.2, 0) is 11.2 Å². The van der Waals surface area contributed by atoms with Gasteiger partial charge in [-0.1, -0.05) is 35.8 Å². The van der Waals surface area contributed by atoms with E-state index in [0.29, 0.717) is 0 Å². The van der Waals surface area contributed by atoms with Crippen LogP contribution in [0, 0.1) is 10.1 Å². The van der Waals surface area contributed by atoms with Gasteiger partial charge < -0.3 is 0 Å². The zero-order valence-electron chi connectivity index (χ0n) is 6.77. The molecule has 5 heteroatoms. The molecular weight excluding hydrogens is 172 g/mol. The number of nitrogens with zero attached hydrogens (tertiary/aromatic N) is 1. The van der Waals surface area contributed by atoms with E-state index in [1.54, 1.807) is 29.7 Å². The lowest BCUT2D eigenvalue weighted by Gasteiger charge is -1.96. The van der Waals surface area contributed by atoms with Crippen molar-refractivity contribution < 1.29 is 9.83 Å². The van der Waals surface area contributed by atoms with Crippen LogP contribution in [0.3, 0.4) is 0 Å². The summed E-state index contributed by atoms with van der Waals surface area (Å²) in [5, 5.41) is 9.02. The highest BCUT2D eigenvalue weighted by molar-refractivity contribution is 5.77. The highest BCUT2D eigenvalue weighted by atomic mass is 16.7. The van der Waals surface area contributed by atoms with Crippen LogP contribution < -0.4 is 5.43 Å². The summed E-state index contributed by atoms with van der Waals surface area (Å²) in [6.45, 7) is 0. The van der Waals surface area contributed by atoms with Gasteiger partial charge in [0, 0.05) is 0 Å². The molecule has 68 valence electrons. The van der Waals surface area contributed by atoms with Crippen molar-refractivity contribution in [2.24, 2.45) is 0 Å². The van der Waals surface area contributed by atoms with E-state index in [2.05, 4.69) is 0 Å². The van der Waals surface area contributed by atoms with Crippen LogP contribution >= 0.6 is 0 Å². The summed E-state index contributed by atoms with van der Waals surface area (Å²) in [5.41, 5.74) is 2.33. The largest absolute Gasteiger partial charge is 0.284 e. The number of nitro groups is 1. The number of hydrogen-bond acceptors (Lipinski definition) is 3. The standard InChI is InChI=1S/C8H8N2O3/c11-8(9-10(12)13)6-7-4-2-1-3-5-7/h1-5H,6H2,(H,9,11). The first-order chi connectivity index (χ1) is 6.18. The minimum absolute atomic E-state index is 0.0296. The van der Waals surface area contributed by atoms with Gasteiger partial charge in [-0.25, -0.2) is 10.1 Å². The third-order valence-electron chi connectivity index (χ3n) is 1.42. The number of amides is 1. The fraction of sp³-hybridized carbons (Fsp3) is 0.125. The molecule has 0 aliphatic heterocycles. The predicted octanol–water partition coefficient (Wildman–Crippen LogP) is 0.537. The van der Waals surface area contributed by atoms with E-state index < -0.39 is 10.9 Å². The van der Waals surface area contributed by atoms with E-state index in [1.807, 2.05) is 6.07 Å². The summed E-state index contributed by atoms with van der Waals surface area (Å²) < 4.78 is 0. The first kappa shape index (κ1) is 9.18. The van der Waals surface area contributed by atoms with Crippen molar-refractivity contribution in [1.29, 1.82) is 0 Å². The number of carbonyl (C=O) groups is 1. The quantitative estimate of drug-likeness (QED) is 0.545. The van der Waals surface area contributed by atoms with Crippen molar-refractivity contribution >= 4 is 5.91 Å². The molecule has 0 aromatic heterocycles. The Morgan fingerprint density at radius 2 is 2.00 bits per heavy atom. The molecular formula is C8H8N2O3. The lowest BCUT2D eigenvalue weighted by atomic mass is 10.1. The lowest BCUT2D eigenvalue weighted by Crippen LogP contribution is -2.30. The van der Waals surface area contributed by atoms with Gasteiger partial charge >= 0.3 is 0 Å². The molecule has 0 radical (unpaired) electrons. The average Bonchev–Trinajstić information content (AvgIpc) is 2.04. The van der Waals surface area contributed by atoms with Crippen LogP contribution in [0.5, 0.6) is 0 Å². The van der Waals surface area contributed by atoms with E-state index in [9.17, 15) is 14.9 Å². The Balaban J connectivity index is 2.50. The minimum Gasteiger partial charge on any atom is -0.269 e. The van der Waals surface area contributed by atoms with Gasteiger partial charge in [0.2, 0.25) is 0 Å². The first-order valence-electron chi connectivity index (χ1n) is 3.66. The van der Waals surface area contributed by atoms with Crippen LogP contribution in [0.2, 0.25) is 0 Å². The molecule has 1 aromatic carbocycles. The Kier molecular flexibility index (Phi) is 2.97. The molecule has 0 heterocycles. The van der Waals surface area contributed by atoms with Crippen molar-refractivity contribution in [3.8, 4) is 0 Å². The highest BCUT2D eigenvalue weighted by Gasteiger charge is 2.07. The molecule has 0 saturated carbocycles. The zero-order chi connectivity index (χ0) is 9.68. The highest BCUT2D eigenvalue weighted by Crippen LogP contribution is 1.98. The van der Waals surface area contributed by atoms with E-state index >= 15 is 0 Å². The van der Waals surface area contributed by atoms with Gasteiger partial charge in [0.25, 0.3) is 5.91 Å². The topological polar surface area (TPSA) is 72.2 Å². The number of hydrazine groups is 1. The first-order valence-corrected chi connectivity index (χ1v) is 3.66. The van der Waals surface area contributed by atoms with Gasteiger partial charge in [-0.05, 0) is 5.56 Å². The Morgan fingerprint density at radius 3 is 2.54 bits per heavy atom. The monoisotopic (exact) mass is 180 g/mol. The maximum atomic E-state index is 10.9. The second-order valence-electron chi connectivity index (χ2n) is 2.45. The second kappa shape index (κ2) is 4.20. The van der Waals surface area contributed by atoms with E-state index in [4.69, 9.17) is 0 Å². The molecule has 1 rings (SSSR count). The summed E-state index contributed by atoms with van der Waals surface area (Å²) in [5.74, 6) is -0.615. The van der Waals surface area contributed by atoms with E-state index in [0.717, 1.165) is 5.56 Å². The fourth-order valence-electron chi connectivity index (χ4n) is 0.923. The number of rotatable bonds is 3. The van der Waals surface area contributed by atoms with Crippen molar-refractivity contribution in [3.63, 3.8) is 0 Å². The third-order valence-corrected chi connectivity index (χ3v) is 1.42. The molecule has 0 fully saturated rings. The Bertz CT molecular complexity index is 310. The van der Waals surface area contributed by atoms with Gasteiger partial charge in [0.05, 0.1) is 6.42 Å². The fourth-order valence-corrected chi connectivity index (χ4v) is 0.923. The molecule has 5 nitrogen and oxygen atoms in total. The molecule has 0 atom stereocenters. The summed E-state index contributed by atoms with van der Waals surface area (Å²) in [6.07, 6.45) is 0.0296. The third kappa shape index (κ3) is 3.33. The summed E-state index contributed by atoms with van der Waals surface area (Å²) in [7, 11) is 0. The van der Waals surface area contributed by atoms with Crippen LogP contribution in [0.25, 0.3) is 0 Å². The SMILES string of the molecule is O=C(Cc1ccccc1)N[N+](=O)[O-]. The zero-order valence-corrected chi connectivity index (χ0v) is 6.77. The lowest BCUT2D eigenvalue weighted by molar-refractivity contribution is -0.530. The van der Waals surface area contributed by atoms with E-state index in [-0.39, 0.29) is 6.42 Å². The number of nitrogens with one attached hydrogen (secondary N) is 1. The number of carbonyl (C=O) groups excluding carboxylic acids is 1. The van der Waals surface area contributed by atoms with Gasteiger partial charge in [0.1, 0.15) is 0 Å². The summed E-state index contributed by atoms with van der Waals surface area (Å²) in [6, 6.07) is 8.83. The smallest absolute Gasteiger partial charge is 0.269 e. The molecule has 1 amide bonds. The summed E-state index contributed by atoms with van der Waals surface area (Å²) in [4.78, 5) is 20.7. The van der Waals surface area contributed by atoms with Crippen molar-refractivity contribution in [1.82, 2.24) is 5.43 Å². The van der Waals surface area contributed by atoms with Crippen LogP contribution in [0.4, 0.5) is 0 Å².